The Kier molecular flexibility index (Phi) is 46.0. The molecule has 0 aromatic carbocycles. The zero-order valence-corrected chi connectivity index (χ0v) is 49.2. The molecule has 2 aliphatic rings. The number of carbonyl (C=O) groups is 1. The zero-order chi connectivity index (χ0) is 56.0. The van der Waals surface area contributed by atoms with Crippen molar-refractivity contribution in [2.45, 2.75) is 364 Å². The molecule has 0 bridgehead atoms. The molecule has 14 heteroatoms. The van der Waals surface area contributed by atoms with Crippen LogP contribution in [0.2, 0.25) is 0 Å². The Morgan fingerprint density at radius 3 is 1.19 bits per heavy atom. The number of nitrogens with one attached hydrogen (secondary N) is 1. The van der Waals surface area contributed by atoms with Gasteiger partial charge in [-0.25, -0.2) is 0 Å². The molecule has 77 heavy (non-hydrogen) atoms. The first kappa shape index (κ1) is 71.8. The Bertz CT molecular complexity index is 1340. The Balaban J connectivity index is 1.72. The largest absolute Gasteiger partial charge is 0.394 e. The number of amides is 1. The fraction of sp³-hybridized carbons (Fsp3) is 0.952. The van der Waals surface area contributed by atoms with Gasteiger partial charge in [0.05, 0.1) is 32.0 Å². The maximum atomic E-state index is 13.3. The van der Waals surface area contributed by atoms with E-state index in [2.05, 4.69) is 19.2 Å². The van der Waals surface area contributed by atoms with E-state index < -0.39 is 86.8 Å². The first-order valence-electron chi connectivity index (χ1n) is 32.4. The monoisotopic (exact) mass is 1100 g/mol. The second-order valence-electron chi connectivity index (χ2n) is 23.3. The summed E-state index contributed by atoms with van der Waals surface area (Å²) in [5.41, 5.74) is 0. The van der Waals surface area contributed by atoms with Gasteiger partial charge in [-0.2, -0.15) is 0 Å². The van der Waals surface area contributed by atoms with Crippen LogP contribution in [0.5, 0.6) is 0 Å². The zero-order valence-electron chi connectivity index (χ0n) is 49.2. The molecule has 2 aliphatic heterocycles. The van der Waals surface area contributed by atoms with E-state index in [1.165, 1.54) is 225 Å². The molecule has 0 aliphatic carbocycles. The first-order chi connectivity index (χ1) is 37.6. The average molecular weight is 1100 g/mol. The van der Waals surface area contributed by atoms with E-state index in [0.717, 1.165) is 38.5 Å². The average Bonchev–Trinajstić information content (AvgIpc) is 3.44. The fourth-order valence-corrected chi connectivity index (χ4v) is 11.0. The maximum absolute atomic E-state index is 13.3. The standard InChI is InChI=1S/C63H121NO13/c1-3-5-7-9-11-13-15-17-19-21-23-25-26-27-29-31-33-35-37-39-41-43-45-47-55(68)64-51(52(67)46-44-42-40-38-36-34-32-30-28-24-22-20-18-16-14-12-10-8-6-4-2)50-74-62-60(73)58(71)61(54(49-66)76-62)77-63-59(72)57(70)56(69)53(48-65)75-63/h44,46,51-54,56-63,65-67,69-73H,3-43,45,47-50H2,1-2H3,(H,64,68)/b46-44+. The number of aliphatic hydroxyl groups excluding tert-OH is 8. The molecule has 14 nitrogen and oxygen atoms in total. The van der Waals surface area contributed by atoms with E-state index in [-0.39, 0.29) is 18.9 Å². The van der Waals surface area contributed by atoms with E-state index in [1.54, 1.807) is 6.08 Å². The summed E-state index contributed by atoms with van der Waals surface area (Å²) in [5, 5.41) is 87.3. The topological polar surface area (TPSA) is 228 Å². The minimum absolute atomic E-state index is 0.232. The summed E-state index contributed by atoms with van der Waals surface area (Å²) in [6, 6.07) is -0.910. The lowest BCUT2D eigenvalue weighted by Gasteiger charge is -2.46. The molecular formula is C63H121NO13. The summed E-state index contributed by atoms with van der Waals surface area (Å²) >= 11 is 0. The molecule has 2 fully saturated rings. The number of carbonyl (C=O) groups excluding carboxylic acids is 1. The lowest BCUT2D eigenvalue weighted by Crippen LogP contribution is -2.65. The molecule has 0 aromatic heterocycles. The number of aliphatic hydroxyl groups is 8. The number of hydrogen-bond donors (Lipinski definition) is 9. The van der Waals surface area contributed by atoms with Crippen LogP contribution in [-0.4, -0.2) is 140 Å². The fourth-order valence-electron chi connectivity index (χ4n) is 11.0. The van der Waals surface area contributed by atoms with Gasteiger partial charge in [-0.05, 0) is 19.3 Å². The summed E-state index contributed by atoms with van der Waals surface area (Å²) in [6.07, 6.45) is 41.1. The third-order valence-corrected chi connectivity index (χ3v) is 16.2. The summed E-state index contributed by atoms with van der Waals surface area (Å²) in [7, 11) is 0. The van der Waals surface area contributed by atoms with Crippen LogP contribution < -0.4 is 5.32 Å². The molecule has 1 amide bonds. The van der Waals surface area contributed by atoms with Crippen molar-refractivity contribution in [1.29, 1.82) is 0 Å². The molecule has 0 radical (unpaired) electrons. The summed E-state index contributed by atoms with van der Waals surface area (Å²) in [6.45, 7) is 2.85. The molecule has 2 saturated heterocycles. The Labute approximate surface area is 469 Å². The van der Waals surface area contributed by atoms with Gasteiger partial charge in [0.1, 0.15) is 48.8 Å². The highest BCUT2D eigenvalue weighted by Crippen LogP contribution is 2.30. The molecule has 12 unspecified atom stereocenters. The van der Waals surface area contributed by atoms with Crippen molar-refractivity contribution in [3.63, 3.8) is 0 Å². The van der Waals surface area contributed by atoms with Crippen LogP contribution in [0.25, 0.3) is 0 Å². The second-order valence-corrected chi connectivity index (χ2v) is 23.3. The Morgan fingerprint density at radius 1 is 0.455 bits per heavy atom. The van der Waals surface area contributed by atoms with Crippen LogP contribution in [0.1, 0.15) is 290 Å². The second kappa shape index (κ2) is 49.3. The van der Waals surface area contributed by atoms with Crippen LogP contribution >= 0.6 is 0 Å². The van der Waals surface area contributed by atoms with Gasteiger partial charge in [0, 0.05) is 6.42 Å². The van der Waals surface area contributed by atoms with Gasteiger partial charge in [-0.1, -0.05) is 276 Å². The number of ether oxygens (including phenoxy) is 4. The lowest BCUT2D eigenvalue weighted by atomic mass is 9.97. The number of hydrogen-bond acceptors (Lipinski definition) is 13. The number of allylic oxidation sites excluding steroid dienone is 1. The van der Waals surface area contributed by atoms with E-state index in [9.17, 15) is 45.6 Å². The third-order valence-electron chi connectivity index (χ3n) is 16.2. The van der Waals surface area contributed by atoms with Crippen molar-refractivity contribution in [3.8, 4) is 0 Å². The quantitative estimate of drug-likeness (QED) is 0.0204. The maximum Gasteiger partial charge on any atom is 0.220 e. The first-order valence-corrected chi connectivity index (χ1v) is 32.4. The van der Waals surface area contributed by atoms with Gasteiger partial charge in [0.25, 0.3) is 0 Å². The Hall–Kier alpha value is -1.27. The van der Waals surface area contributed by atoms with E-state index >= 15 is 0 Å². The van der Waals surface area contributed by atoms with E-state index in [0.29, 0.717) is 6.42 Å². The van der Waals surface area contributed by atoms with Crippen molar-refractivity contribution >= 4 is 5.91 Å². The SMILES string of the molecule is CCCCCCCCCCCCCCCCCCCC/C=C/C(O)C(COC1OC(CO)C(OC2OC(CO)C(O)C(O)C2O)C(O)C1O)NC(=O)CCCCCCCCCCCCCCCCCCCCCCCCC. The van der Waals surface area contributed by atoms with Crippen molar-refractivity contribution in [2.75, 3.05) is 19.8 Å². The van der Waals surface area contributed by atoms with Crippen LogP contribution in [0.4, 0.5) is 0 Å². The molecule has 456 valence electrons. The van der Waals surface area contributed by atoms with Crippen molar-refractivity contribution in [1.82, 2.24) is 5.32 Å². The summed E-state index contributed by atoms with van der Waals surface area (Å²) < 4.78 is 22.8. The van der Waals surface area contributed by atoms with Crippen molar-refractivity contribution in [3.05, 3.63) is 12.2 Å². The van der Waals surface area contributed by atoms with Gasteiger partial charge in [-0.15, -0.1) is 0 Å². The molecule has 12 atom stereocenters. The number of unbranched alkanes of at least 4 members (excludes halogenated alkanes) is 40. The van der Waals surface area contributed by atoms with Gasteiger partial charge in [-0.3, -0.25) is 4.79 Å². The number of rotatable bonds is 53. The Morgan fingerprint density at radius 2 is 0.805 bits per heavy atom. The predicted octanol–water partition coefficient (Wildman–Crippen LogP) is 11.8. The summed E-state index contributed by atoms with van der Waals surface area (Å²) in [5.74, 6) is -0.232. The van der Waals surface area contributed by atoms with Gasteiger partial charge in [0.2, 0.25) is 5.91 Å². The predicted molar refractivity (Wildman–Crippen MR) is 309 cm³/mol. The van der Waals surface area contributed by atoms with Crippen LogP contribution in [-0.2, 0) is 23.7 Å². The normalized spacial score (nSPS) is 24.7. The smallest absolute Gasteiger partial charge is 0.220 e. The molecule has 9 N–H and O–H groups in total. The van der Waals surface area contributed by atoms with Crippen LogP contribution in [0.15, 0.2) is 12.2 Å². The third kappa shape index (κ3) is 34.7. The van der Waals surface area contributed by atoms with Gasteiger partial charge >= 0.3 is 0 Å². The van der Waals surface area contributed by atoms with Gasteiger partial charge in [0.15, 0.2) is 12.6 Å². The molecule has 0 spiro atoms. The van der Waals surface area contributed by atoms with Crippen molar-refractivity contribution < 1.29 is 64.6 Å². The van der Waals surface area contributed by atoms with E-state index in [4.69, 9.17) is 18.9 Å². The van der Waals surface area contributed by atoms with Crippen molar-refractivity contribution in [2.24, 2.45) is 0 Å². The van der Waals surface area contributed by atoms with Gasteiger partial charge < -0.3 is 65.1 Å². The van der Waals surface area contributed by atoms with Crippen LogP contribution in [0, 0.1) is 0 Å². The van der Waals surface area contributed by atoms with Crippen LogP contribution in [0.3, 0.4) is 0 Å². The molecule has 2 heterocycles. The highest BCUT2D eigenvalue weighted by Gasteiger charge is 2.51. The molecule has 0 saturated carbocycles. The molecule has 2 rings (SSSR count). The summed E-state index contributed by atoms with van der Waals surface area (Å²) in [4.78, 5) is 13.3. The highest BCUT2D eigenvalue weighted by atomic mass is 16.7. The highest BCUT2D eigenvalue weighted by molar-refractivity contribution is 5.76. The minimum atomic E-state index is -1.79. The molecular weight excluding hydrogens is 979 g/mol. The minimum Gasteiger partial charge on any atom is -0.394 e. The lowest BCUT2D eigenvalue weighted by molar-refractivity contribution is -0.359. The molecule has 0 aromatic rings. The van der Waals surface area contributed by atoms with E-state index in [1.807, 2.05) is 6.08 Å².